The average Bonchev–Trinajstić information content (AvgIpc) is 3.23. The first-order valence-corrected chi connectivity index (χ1v) is 8.05. The summed E-state index contributed by atoms with van der Waals surface area (Å²) in [5.74, 6) is 0.0571. The fourth-order valence-corrected chi connectivity index (χ4v) is 3.28. The van der Waals surface area contributed by atoms with Crippen molar-refractivity contribution in [1.29, 1.82) is 0 Å². The Morgan fingerprint density at radius 2 is 1.86 bits per heavy atom. The van der Waals surface area contributed by atoms with Gasteiger partial charge >= 0.3 is 6.03 Å². The van der Waals surface area contributed by atoms with Gasteiger partial charge in [0.25, 0.3) is 0 Å². The molecule has 0 spiro atoms. The molecule has 21 heavy (non-hydrogen) atoms. The molecule has 0 heterocycles. The zero-order valence-electron chi connectivity index (χ0n) is 12.3. The molecular formula is C17H23FN2O. The highest BCUT2D eigenvalue weighted by Crippen LogP contribution is 2.40. The fourth-order valence-electron chi connectivity index (χ4n) is 3.28. The number of nitrogens with one attached hydrogen (secondary N) is 2. The lowest BCUT2D eigenvalue weighted by atomic mass is 10.1. The summed E-state index contributed by atoms with van der Waals surface area (Å²) in [6.45, 7) is 0. The average molecular weight is 290 g/mol. The maximum absolute atomic E-state index is 13.2. The zero-order valence-corrected chi connectivity index (χ0v) is 12.3. The van der Waals surface area contributed by atoms with Crippen LogP contribution in [0.15, 0.2) is 24.3 Å². The Bertz CT molecular complexity index is 497. The first-order chi connectivity index (χ1) is 10.2. The Kier molecular flexibility index (Phi) is 4.42. The molecule has 1 aromatic carbocycles. The molecule has 0 radical (unpaired) electrons. The molecule has 0 bridgehead atoms. The molecule has 2 fully saturated rings. The molecule has 2 amide bonds. The highest BCUT2D eigenvalue weighted by molar-refractivity contribution is 5.75. The summed E-state index contributed by atoms with van der Waals surface area (Å²) in [6, 6.07) is 7.08. The van der Waals surface area contributed by atoms with E-state index in [1.165, 1.54) is 31.7 Å². The number of carbonyl (C=O) groups is 1. The Hall–Kier alpha value is -1.58. The lowest BCUT2D eigenvalue weighted by molar-refractivity contribution is 0.235. The van der Waals surface area contributed by atoms with Gasteiger partial charge in [0.15, 0.2) is 0 Å². The molecule has 0 aromatic heterocycles. The number of amides is 2. The molecule has 1 aromatic rings. The third kappa shape index (κ3) is 3.96. The third-order valence-corrected chi connectivity index (χ3v) is 4.57. The van der Waals surface area contributed by atoms with Crippen molar-refractivity contribution in [2.75, 3.05) is 0 Å². The largest absolute Gasteiger partial charge is 0.335 e. The minimum atomic E-state index is -0.207. The van der Waals surface area contributed by atoms with Crippen LogP contribution in [0, 0.1) is 5.82 Å². The number of hydrogen-bond acceptors (Lipinski definition) is 1. The van der Waals surface area contributed by atoms with E-state index in [1.54, 1.807) is 12.1 Å². The van der Waals surface area contributed by atoms with Gasteiger partial charge in [-0.25, -0.2) is 9.18 Å². The molecule has 2 unspecified atom stereocenters. The van der Waals surface area contributed by atoms with Crippen molar-refractivity contribution in [1.82, 2.24) is 10.6 Å². The van der Waals surface area contributed by atoms with E-state index in [9.17, 15) is 9.18 Å². The minimum absolute atomic E-state index is 0.0641. The second kappa shape index (κ2) is 6.46. The zero-order chi connectivity index (χ0) is 14.7. The molecule has 3 rings (SSSR count). The van der Waals surface area contributed by atoms with Crippen molar-refractivity contribution >= 4 is 6.03 Å². The van der Waals surface area contributed by atoms with Crippen LogP contribution in [0.2, 0.25) is 0 Å². The van der Waals surface area contributed by atoms with E-state index in [0.717, 1.165) is 24.8 Å². The third-order valence-electron chi connectivity index (χ3n) is 4.57. The Morgan fingerprint density at radius 3 is 2.57 bits per heavy atom. The van der Waals surface area contributed by atoms with Gasteiger partial charge < -0.3 is 10.6 Å². The van der Waals surface area contributed by atoms with E-state index in [-0.39, 0.29) is 23.8 Å². The quantitative estimate of drug-likeness (QED) is 0.819. The van der Waals surface area contributed by atoms with Gasteiger partial charge in [0.2, 0.25) is 0 Å². The molecule has 4 heteroatoms. The molecule has 2 atom stereocenters. The number of urea groups is 1. The van der Waals surface area contributed by atoms with Crippen LogP contribution in [-0.4, -0.2) is 18.1 Å². The van der Waals surface area contributed by atoms with Crippen molar-refractivity contribution in [2.45, 2.75) is 62.9 Å². The van der Waals surface area contributed by atoms with Crippen molar-refractivity contribution in [3.05, 3.63) is 35.6 Å². The first-order valence-electron chi connectivity index (χ1n) is 8.05. The monoisotopic (exact) mass is 290 g/mol. The Labute approximate surface area is 125 Å². The van der Waals surface area contributed by atoms with Gasteiger partial charge in [-0.05, 0) is 37.0 Å². The lowest BCUT2D eigenvalue weighted by Gasteiger charge is -2.16. The molecule has 2 saturated carbocycles. The SMILES string of the molecule is O=C(NC1CCCCCC1)NC1CC1c1cccc(F)c1. The highest BCUT2D eigenvalue weighted by atomic mass is 19.1. The van der Waals surface area contributed by atoms with Gasteiger partial charge in [-0.15, -0.1) is 0 Å². The van der Waals surface area contributed by atoms with E-state index in [0.29, 0.717) is 6.04 Å². The van der Waals surface area contributed by atoms with Gasteiger partial charge in [0, 0.05) is 18.0 Å². The van der Waals surface area contributed by atoms with Crippen LogP contribution in [0.1, 0.15) is 56.4 Å². The van der Waals surface area contributed by atoms with Gasteiger partial charge in [-0.3, -0.25) is 0 Å². The van der Waals surface area contributed by atoms with E-state index in [4.69, 9.17) is 0 Å². The molecule has 3 nitrogen and oxygen atoms in total. The fraction of sp³-hybridized carbons (Fsp3) is 0.588. The van der Waals surface area contributed by atoms with E-state index in [2.05, 4.69) is 10.6 Å². The van der Waals surface area contributed by atoms with Crippen molar-refractivity contribution < 1.29 is 9.18 Å². The molecule has 0 aliphatic heterocycles. The Morgan fingerprint density at radius 1 is 1.10 bits per heavy atom. The maximum atomic E-state index is 13.2. The lowest BCUT2D eigenvalue weighted by Crippen LogP contribution is -2.43. The summed E-state index contributed by atoms with van der Waals surface area (Å²) in [6.07, 6.45) is 8.06. The first kappa shape index (κ1) is 14.4. The standard InChI is InChI=1S/C17H23FN2O/c18-13-7-5-6-12(10-13)15-11-16(15)20-17(21)19-14-8-3-1-2-4-9-14/h5-7,10,14-16H,1-4,8-9,11H2,(H2,19,20,21). The van der Waals surface area contributed by atoms with Crippen molar-refractivity contribution in [2.24, 2.45) is 0 Å². The topological polar surface area (TPSA) is 41.1 Å². The molecule has 114 valence electrons. The van der Waals surface area contributed by atoms with Gasteiger partial charge in [-0.2, -0.15) is 0 Å². The highest BCUT2D eigenvalue weighted by Gasteiger charge is 2.39. The summed E-state index contributed by atoms with van der Waals surface area (Å²) in [5, 5.41) is 6.11. The Balaban J connectivity index is 1.46. The van der Waals surface area contributed by atoms with Crippen LogP contribution < -0.4 is 10.6 Å². The number of benzene rings is 1. The van der Waals surface area contributed by atoms with Gasteiger partial charge in [-0.1, -0.05) is 37.8 Å². The van der Waals surface area contributed by atoms with E-state index >= 15 is 0 Å². The van der Waals surface area contributed by atoms with E-state index < -0.39 is 0 Å². The summed E-state index contributed by atoms with van der Waals surface area (Å²) in [5.41, 5.74) is 0.981. The summed E-state index contributed by atoms with van der Waals surface area (Å²) < 4.78 is 13.2. The van der Waals surface area contributed by atoms with Crippen molar-refractivity contribution in [3.8, 4) is 0 Å². The summed E-state index contributed by atoms with van der Waals surface area (Å²) >= 11 is 0. The van der Waals surface area contributed by atoms with E-state index in [1.807, 2.05) is 6.07 Å². The molecule has 2 aliphatic rings. The second-order valence-electron chi connectivity index (χ2n) is 6.31. The van der Waals surface area contributed by atoms with Crippen LogP contribution in [0.5, 0.6) is 0 Å². The summed E-state index contributed by atoms with van der Waals surface area (Å²) in [7, 11) is 0. The second-order valence-corrected chi connectivity index (χ2v) is 6.31. The minimum Gasteiger partial charge on any atom is -0.335 e. The number of hydrogen-bond donors (Lipinski definition) is 2. The van der Waals surface area contributed by atoms with Gasteiger partial charge in [0.05, 0.1) is 0 Å². The van der Waals surface area contributed by atoms with Gasteiger partial charge in [0.1, 0.15) is 5.82 Å². The molecular weight excluding hydrogens is 267 g/mol. The smallest absolute Gasteiger partial charge is 0.315 e. The predicted molar refractivity (Wildman–Crippen MR) is 80.7 cm³/mol. The molecule has 2 aliphatic carbocycles. The summed E-state index contributed by atoms with van der Waals surface area (Å²) in [4.78, 5) is 12.0. The number of carbonyl (C=O) groups excluding carboxylic acids is 1. The number of halogens is 1. The molecule has 0 saturated heterocycles. The maximum Gasteiger partial charge on any atom is 0.315 e. The molecule has 2 N–H and O–H groups in total. The van der Waals surface area contributed by atoms with Crippen molar-refractivity contribution in [3.63, 3.8) is 0 Å². The van der Waals surface area contributed by atoms with Crippen LogP contribution in [0.25, 0.3) is 0 Å². The number of rotatable bonds is 3. The van der Waals surface area contributed by atoms with Crippen LogP contribution >= 0.6 is 0 Å². The van der Waals surface area contributed by atoms with Crippen LogP contribution in [-0.2, 0) is 0 Å². The van der Waals surface area contributed by atoms with Crippen LogP contribution in [0.3, 0.4) is 0 Å². The predicted octanol–water partition coefficient (Wildman–Crippen LogP) is 3.70. The normalized spacial score (nSPS) is 26.0. The van der Waals surface area contributed by atoms with Crippen LogP contribution in [0.4, 0.5) is 9.18 Å².